The average molecular weight is 524 g/mol. The van der Waals surface area contributed by atoms with Crippen LogP contribution in [0.25, 0.3) is 0 Å². The van der Waals surface area contributed by atoms with Crippen molar-refractivity contribution in [2.75, 3.05) is 10.6 Å². The number of rotatable bonds is 5. The van der Waals surface area contributed by atoms with Gasteiger partial charge in [0.15, 0.2) is 0 Å². The largest absolute Gasteiger partial charge is 0.381 e. The van der Waals surface area contributed by atoms with Crippen LogP contribution in [0, 0.1) is 17.8 Å². The number of primary amides is 1. The van der Waals surface area contributed by atoms with Gasteiger partial charge in [0.05, 0.1) is 17.4 Å². The third-order valence-corrected chi connectivity index (χ3v) is 7.48. The molecule has 9 heteroatoms. The van der Waals surface area contributed by atoms with E-state index in [-0.39, 0.29) is 17.0 Å². The second kappa shape index (κ2) is 7.83. The molecule has 154 valence electrons. The summed E-state index contributed by atoms with van der Waals surface area (Å²) in [6, 6.07) is 2.22. The zero-order valence-corrected chi connectivity index (χ0v) is 19.1. The van der Waals surface area contributed by atoms with Crippen LogP contribution in [-0.2, 0) is 0 Å². The van der Waals surface area contributed by atoms with Gasteiger partial charge in [-0.3, -0.25) is 9.78 Å². The van der Waals surface area contributed by atoms with Crippen molar-refractivity contribution < 1.29 is 4.79 Å². The number of alkyl halides is 1. The van der Waals surface area contributed by atoms with E-state index in [2.05, 4.69) is 41.5 Å². The quantitative estimate of drug-likeness (QED) is 0.510. The minimum atomic E-state index is -0.471. The highest BCUT2D eigenvalue weighted by Crippen LogP contribution is 2.59. The highest BCUT2D eigenvalue weighted by molar-refractivity contribution is 9.10. The van der Waals surface area contributed by atoms with Gasteiger partial charge in [0.1, 0.15) is 11.6 Å². The lowest BCUT2D eigenvalue weighted by Crippen LogP contribution is -2.56. The Bertz CT molecular complexity index is 895. The third kappa shape index (κ3) is 3.99. The lowest BCUT2D eigenvalue weighted by molar-refractivity contribution is 0.0280. The summed E-state index contributed by atoms with van der Waals surface area (Å²) < 4.78 is 0.325. The fourth-order valence-electron chi connectivity index (χ4n) is 5.67. The van der Waals surface area contributed by atoms with Crippen LogP contribution in [0.15, 0.2) is 30.9 Å². The van der Waals surface area contributed by atoms with Gasteiger partial charge < -0.3 is 16.4 Å². The highest BCUT2D eigenvalue weighted by atomic mass is 79.9. The van der Waals surface area contributed by atoms with Crippen molar-refractivity contribution in [1.29, 1.82) is 0 Å². The van der Waals surface area contributed by atoms with Gasteiger partial charge >= 0.3 is 0 Å². The molecular formula is C20H24Br2N6O. The number of amides is 1. The Morgan fingerprint density at radius 2 is 1.86 bits per heavy atom. The van der Waals surface area contributed by atoms with Crippen molar-refractivity contribution >= 4 is 56.1 Å². The lowest BCUT2D eigenvalue weighted by atomic mass is 9.54. The number of nitrogens with two attached hydrogens (primary N) is 1. The van der Waals surface area contributed by atoms with Crippen molar-refractivity contribution in [1.82, 2.24) is 15.0 Å². The van der Waals surface area contributed by atoms with E-state index in [0.29, 0.717) is 39.4 Å². The number of hydrogen-bond acceptors (Lipinski definition) is 6. The predicted octanol–water partition coefficient (Wildman–Crippen LogP) is 4.05. The first-order valence-electron chi connectivity index (χ1n) is 9.77. The molecule has 0 spiro atoms. The van der Waals surface area contributed by atoms with Crippen molar-refractivity contribution in [3.8, 4) is 0 Å². The molecule has 2 atom stereocenters. The van der Waals surface area contributed by atoms with Crippen LogP contribution in [0.1, 0.15) is 42.5 Å². The Morgan fingerprint density at radius 3 is 2.48 bits per heavy atom. The Labute approximate surface area is 188 Å². The smallest absolute Gasteiger partial charge is 0.252 e. The second-order valence-corrected chi connectivity index (χ2v) is 10.2. The summed E-state index contributed by atoms with van der Waals surface area (Å²) in [5, 5.41) is 6.81. The number of carbonyl (C=O) groups is 1. The molecule has 2 aromatic rings. The maximum absolute atomic E-state index is 12.0. The van der Waals surface area contributed by atoms with Crippen molar-refractivity contribution in [3.05, 3.63) is 36.4 Å². The fourth-order valence-corrected chi connectivity index (χ4v) is 6.96. The molecule has 2 heterocycles. The van der Waals surface area contributed by atoms with Crippen LogP contribution >= 0.6 is 32.9 Å². The van der Waals surface area contributed by atoms with Gasteiger partial charge in [0.2, 0.25) is 0 Å². The Balaban J connectivity index is 0.00000205. The summed E-state index contributed by atoms with van der Waals surface area (Å²) in [4.78, 5) is 24.6. The molecule has 2 unspecified atom stereocenters. The molecule has 4 saturated carbocycles. The van der Waals surface area contributed by atoms with Crippen LogP contribution in [-0.4, -0.2) is 31.2 Å². The molecule has 6 rings (SSSR count). The van der Waals surface area contributed by atoms with Crippen LogP contribution in [0.2, 0.25) is 0 Å². The number of pyridine rings is 1. The summed E-state index contributed by atoms with van der Waals surface area (Å²) in [5.74, 6) is 2.81. The first-order valence-corrected chi connectivity index (χ1v) is 10.6. The van der Waals surface area contributed by atoms with Gasteiger partial charge in [-0.15, -0.1) is 17.0 Å². The average Bonchev–Trinajstić information content (AvgIpc) is 2.64. The monoisotopic (exact) mass is 522 g/mol. The summed E-state index contributed by atoms with van der Waals surface area (Å²) >= 11 is 4.02. The van der Waals surface area contributed by atoms with Crippen LogP contribution < -0.4 is 16.4 Å². The number of hydrogen-bond donors (Lipinski definition) is 3. The van der Waals surface area contributed by atoms with Gasteiger partial charge in [-0.2, -0.15) is 0 Å². The number of halogens is 2. The van der Waals surface area contributed by atoms with Crippen molar-refractivity contribution in [2.24, 2.45) is 23.5 Å². The Morgan fingerprint density at radius 1 is 1.10 bits per heavy atom. The third-order valence-electron chi connectivity index (χ3n) is 6.51. The summed E-state index contributed by atoms with van der Waals surface area (Å²) in [6.45, 7) is 0. The molecular weight excluding hydrogens is 500 g/mol. The first-order chi connectivity index (χ1) is 13.5. The molecule has 2 aromatic heterocycles. The van der Waals surface area contributed by atoms with Gasteiger partial charge in [0, 0.05) is 35.0 Å². The molecule has 4 aliphatic carbocycles. The molecule has 4 fully saturated rings. The molecule has 0 saturated heterocycles. The number of nitrogens with zero attached hydrogens (tertiary/aromatic N) is 3. The van der Waals surface area contributed by atoms with Crippen LogP contribution in [0.3, 0.4) is 0 Å². The lowest BCUT2D eigenvalue weighted by Gasteiger charge is -2.58. The second-order valence-electron chi connectivity index (χ2n) is 8.49. The summed E-state index contributed by atoms with van der Waals surface area (Å²) in [5.41, 5.74) is 6.79. The van der Waals surface area contributed by atoms with Crippen LogP contribution in [0.4, 0.5) is 17.3 Å². The fraction of sp³-hybridized carbons (Fsp3) is 0.500. The van der Waals surface area contributed by atoms with Gasteiger partial charge in [-0.05, 0) is 49.9 Å². The molecule has 4 bridgehead atoms. The van der Waals surface area contributed by atoms with Crippen molar-refractivity contribution in [2.45, 2.75) is 42.5 Å². The number of anilines is 3. The van der Waals surface area contributed by atoms with E-state index < -0.39 is 5.91 Å². The van der Waals surface area contributed by atoms with Gasteiger partial charge in [-0.1, -0.05) is 15.9 Å². The number of carbonyl (C=O) groups excluding carboxylic acids is 1. The topological polar surface area (TPSA) is 106 Å². The molecule has 0 aliphatic heterocycles. The molecule has 29 heavy (non-hydrogen) atoms. The van der Waals surface area contributed by atoms with E-state index in [1.807, 2.05) is 6.07 Å². The van der Waals surface area contributed by atoms with E-state index in [4.69, 9.17) is 5.73 Å². The van der Waals surface area contributed by atoms with Gasteiger partial charge in [-0.25, -0.2) is 9.97 Å². The number of aromatic nitrogens is 3. The zero-order valence-electron chi connectivity index (χ0n) is 15.8. The minimum Gasteiger partial charge on any atom is -0.381 e. The van der Waals surface area contributed by atoms with E-state index in [1.165, 1.54) is 38.3 Å². The van der Waals surface area contributed by atoms with E-state index in [9.17, 15) is 4.79 Å². The molecule has 0 radical (unpaired) electrons. The highest BCUT2D eigenvalue weighted by Gasteiger charge is 2.54. The maximum atomic E-state index is 12.0. The zero-order chi connectivity index (χ0) is 19.3. The summed E-state index contributed by atoms with van der Waals surface area (Å²) in [7, 11) is 0. The molecule has 7 nitrogen and oxygen atoms in total. The number of nitrogens with one attached hydrogen (secondary N) is 2. The Kier molecular flexibility index (Phi) is 5.54. The molecule has 4 aliphatic rings. The normalized spacial score (nSPS) is 31.8. The first kappa shape index (κ1) is 20.5. The van der Waals surface area contributed by atoms with Crippen molar-refractivity contribution in [3.63, 3.8) is 0 Å². The summed E-state index contributed by atoms with van der Waals surface area (Å²) in [6.07, 6.45) is 12.6. The van der Waals surface area contributed by atoms with E-state index in [0.717, 1.165) is 11.6 Å². The van der Waals surface area contributed by atoms with Gasteiger partial charge in [0.25, 0.3) is 5.91 Å². The minimum absolute atomic E-state index is 0. The maximum Gasteiger partial charge on any atom is 0.252 e. The molecule has 1 amide bonds. The van der Waals surface area contributed by atoms with Crippen LogP contribution in [0.5, 0.6) is 0 Å². The predicted molar refractivity (Wildman–Crippen MR) is 121 cm³/mol. The standard InChI is InChI=1S/C20H23BrN6O.BrH/c21-20-6-11-3-12(7-20)18(13(4-11)8-20)26-15-5-16(25-9-14(15)19(22)28)27-17-10-23-1-2-24-17;/h1-2,5,9-13,18H,3-4,6-8H2,(H2,22,28)(H2,24,25,26,27);1H. The van der Waals surface area contributed by atoms with E-state index >= 15 is 0 Å². The molecule has 4 N–H and O–H groups in total. The Hall–Kier alpha value is -1.74. The SMILES string of the molecule is Br.NC(=O)c1cnc(Nc2cnccn2)cc1NC1C2CC3CC1CC(Br)(C3)C2. The molecule has 0 aromatic carbocycles. The van der Waals surface area contributed by atoms with E-state index in [1.54, 1.807) is 18.6 Å².